The molecule has 20 heavy (non-hydrogen) atoms. The van der Waals surface area contributed by atoms with Gasteiger partial charge in [-0.1, -0.05) is 19.1 Å². The average molecular weight is 287 g/mol. The molecule has 0 spiro atoms. The molecule has 0 radical (unpaired) electrons. The van der Waals surface area contributed by atoms with E-state index in [1.807, 2.05) is 24.3 Å². The molecule has 0 bridgehead atoms. The minimum absolute atomic E-state index is 0.703. The first kappa shape index (κ1) is 13.0. The maximum atomic E-state index is 6.32. The Morgan fingerprint density at radius 2 is 2.20 bits per heavy atom. The number of hydrogen-bond donors (Lipinski definition) is 1. The van der Waals surface area contributed by atoms with Crippen LogP contribution in [-0.4, -0.2) is 16.5 Å². The predicted octanol–water partition coefficient (Wildman–Crippen LogP) is 3.52. The second-order valence-electron chi connectivity index (χ2n) is 4.65. The largest absolute Gasteiger partial charge is 0.497 e. The number of thiazole rings is 1. The normalized spacial score (nSPS) is 11.2. The number of methoxy groups -OCH3 is 1. The average Bonchev–Trinajstić information content (AvgIpc) is 2.94. The van der Waals surface area contributed by atoms with Gasteiger partial charge < -0.3 is 10.5 Å². The molecule has 0 saturated heterocycles. The summed E-state index contributed by atoms with van der Waals surface area (Å²) in [5, 5.41) is 0. The molecule has 4 nitrogen and oxygen atoms in total. The Morgan fingerprint density at radius 3 is 2.90 bits per heavy atom. The molecule has 3 rings (SSSR count). The smallest absolute Gasteiger partial charge is 0.196 e. The molecule has 0 aliphatic carbocycles. The van der Waals surface area contributed by atoms with Gasteiger partial charge in [0.05, 0.1) is 7.11 Å². The Hall–Kier alpha value is -2.01. The fourth-order valence-electron chi connectivity index (χ4n) is 2.48. The maximum Gasteiger partial charge on any atom is 0.196 e. The van der Waals surface area contributed by atoms with Crippen molar-refractivity contribution >= 4 is 22.1 Å². The summed E-state index contributed by atoms with van der Waals surface area (Å²) >= 11 is 1.68. The Bertz CT molecular complexity index is 773. The Kier molecular flexibility index (Phi) is 3.14. The van der Waals surface area contributed by atoms with Crippen molar-refractivity contribution in [2.45, 2.75) is 20.3 Å². The lowest BCUT2D eigenvalue weighted by molar-refractivity contribution is 0.415. The zero-order chi connectivity index (χ0) is 14.3. The van der Waals surface area contributed by atoms with Crippen molar-refractivity contribution in [3.05, 3.63) is 34.8 Å². The summed E-state index contributed by atoms with van der Waals surface area (Å²) in [7, 11) is 1.66. The number of nitrogens with two attached hydrogens (primary N) is 1. The molecule has 0 saturated carbocycles. The number of aromatic nitrogens is 2. The number of hydrogen-bond acceptors (Lipinski definition) is 4. The highest BCUT2D eigenvalue weighted by Gasteiger charge is 2.17. The van der Waals surface area contributed by atoms with Crippen molar-refractivity contribution in [3.8, 4) is 17.0 Å². The first-order valence-electron chi connectivity index (χ1n) is 6.56. The third-order valence-electron chi connectivity index (χ3n) is 3.48. The van der Waals surface area contributed by atoms with Crippen molar-refractivity contribution in [3.63, 3.8) is 0 Å². The zero-order valence-corrected chi connectivity index (χ0v) is 12.6. The van der Waals surface area contributed by atoms with Crippen molar-refractivity contribution < 1.29 is 4.74 Å². The highest BCUT2D eigenvalue weighted by atomic mass is 32.1. The van der Waals surface area contributed by atoms with E-state index < -0.39 is 0 Å². The van der Waals surface area contributed by atoms with E-state index in [1.54, 1.807) is 18.4 Å². The van der Waals surface area contributed by atoms with Crippen LogP contribution in [-0.2, 0) is 6.42 Å². The molecule has 1 aromatic carbocycles. The van der Waals surface area contributed by atoms with Crippen LogP contribution in [0.1, 0.15) is 17.5 Å². The summed E-state index contributed by atoms with van der Waals surface area (Å²) in [6.07, 6.45) is 0.948. The first-order chi connectivity index (χ1) is 9.65. The van der Waals surface area contributed by atoms with E-state index in [1.165, 1.54) is 10.6 Å². The van der Waals surface area contributed by atoms with E-state index in [0.29, 0.717) is 5.82 Å². The third kappa shape index (κ3) is 1.86. The number of rotatable bonds is 3. The molecular weight excluding hydrogens is 270 g/mol. The summed E-state index contributed by atoms with van der Waals surface area (Å²) in [5.41, 5.74) is 9.37. The predicted molar refractivity (Wildman–Crippen MR) is 83.6 cm³/mol. The van der Waals surface area contributed by atoms with Crippen molar-refractivity contribution in [2.24, 2.45) is 0 Å². The van der Waals surface area contributed by atoms with Crippen molar-refractivity contribution in [1.29, 1.82) is 0 Å². The fourth-order valence-corrected chi connectivity index (χ4v) is 3.55. The minimum atomic E-state index is 0.703. The Morgan fingerprint density at radius 1 is 1.40 bits per heavy atom. The Labute approximate surface area is 121 Å². The number of anilines is 1. The molecule has 0 atom stereocenters. The number of imidazole rings is 1. The molecule has 0 aliphatic rings. The molecule has 0 fully saturated rings. The lowest BCUT2D eigenvalue weighted by Gasteiger charge is -2.04. The van der Waals surface area contributed by atoms with Crippen LogP contribution in [0, 0.1) is 6.92 Å². The van der Waals surface area contributed by atoms with Gasteiger partial charge in [0, 0.05) is 16.1 Å². The van der Waals surface area contributed by atoms with E-state index in [0.717, 1.165) is 28.4 Å². The van der Waals surface area contributed by atoms with Crippen LogP contribution >= 0.6 is 11.3 Å². The quantitative estimate of drug-likeness (QED) is 0.802. The first-order valence-corrected chi connectivity index (χ1v) is 7.38. The molecule has 2 N–H and O–H groups in total. The lowest BCUT2D eigenvalue weighted by Crippen LogP contribution is -1.98. The number of ether oxygens (including phenoxy) is 1. The van der Waals surface area contributed by atoms with Crippen LogP contribution in [0.3, 0.4) is 0 Å². The number of benzene rings is 1. The van der Waals surface area contributed by atoms with E-state index >= 15 is 0 Å². The summed E-state index contributed by atoms with van der Waals surface area (Å²) in [4.78, 5) is 6.92. The number of nitrogen functional groups attached to an aromatic ring is 1. The van der Waals surface area contributed by atoms with Crippen molar-refractivity contribution in [1.82, 2.24) is 9.38 Å². The van der Waals surface area contributed by atoms with E-state index in [2.05, 4.69) is 23.2 Å². The number of nitrogens with zero attached hydrogens (tertiary/aromatic N) is 2. The van der Waals surface area contributed by atoms with Crippen LogP contribution in [0.5, 0.6) is 5.75 Å². The molecule has 0 unspecified atom stereocenters. The topological polar surface area (TPSA) is 52.5 Å². The van der Waals surface area contributed by atoms with Gasteiger partial charge >= 0.3 is 0 Å². The molecular formula is C15H17N3OS. The van der Waals surface area contributed by atoms with Crippen LogP contribution in [0.4, 0.5) is 5.82 Å². The second kappa shape index (κ2) is 4.83. The van der Waals surface area contributed by atoms with E-state index in [9.17, 15) is 0 Å². The molecule has 0 amide bonds. The highest BCUT2D eigenvalue weighted by Crippen LogP contribution is 2.33. The summed E-state index contributed by atoms with van der Waals surface area (Å²) in [5.74, 6) is 1.51. The van der Waals surface area contributed by atoms with Gasteiger partial charge in [0.2, 0.25) is 0 Å². The van der Waals surface area contributed by atoms with Gasteiger partial charge in [-0.2, -0.15) is 0 Å². The number of aryl methyl sites for hydroxylation is 2. The molecule has 2 aromatic heterocycles. The van der Waals surface area contributed by atoms with Crippen LogP contribution < -0.4 is 10.5 Å². The number of fused-ring (bicyclic) bond motifs is 1. The maximum absolute atomic E-state index is 6.32. The molecule has 104 valence electrons. The highest BCUT2D eigenvalue weighted by molar-refractivity contribution is 7.17. The van der Waals surface area contributed by atoms with Gasteiger partial charge in [-0.3, -0.25) is 4.40 Å². The second-order valence-corrected chi connectivity index (χ2v) is 5.84. The Balaban J connectivity index is 2.22. The van der Waals surface area contributed by atoms with Gasteiger partial charge in [0.1, 0.15) is 17.3 Å². The molecule has 2 heterocycles. The van der Waals surface area contributed by atoms with Crippen LogP contribution in [0.15, 0.2) is 24.3 Å². The van der Waals surface area contributed by atoms with Gasteiger partial charge in [0.25, 0.3) is 0 Å². The minimum Gasteiger partial charge on any atom is -0.497 e. The fraction of sp³-hybridized carbons (Fsp3) is 0.267. The van der Waals surface area contributed by atoms with E-state index in [4.69, 9.17) is 10.5 Å². The van der Waals surface area contributed by atoms with Gasteiger partial charge in [-0.15, -0.1) is 11.3 Å². The van der Waals surface area contributed by atoms with Crippen LogP contribution in [0.2, 0.25) is 0 Å². The summed E-state index contributed by atoms with van der Waals surface area (Å²) < 4.78 is 7.33. The monoisotopic (exact) mass is 287 g/mol. The summed E-state index contributed by atoms with van der Waals surface area (Å²) in [6, 6.07) is 7.83. The van der Waals surface area contributed by atoms with Gasteiger partial charge in [-0.05, 0) is 25.5 Å². The standard InChI is InChI=1S/C15H17N3OS/c1-4-12-9(2)20-15-17-13(14(16)18(12)15)10-6-5-7-11(8-10)19-3/h5-8H,4,16H2,1-3H3. The van der Waals surface area contributed by atoms with Crippen LogP contribution in [0.25, 0.3) is 16.2 Å². The SMILES string of the molecule is CCc1c(C)sc2nc(-c3cccc(OC)c3)c(N)n12. The summed E-state index contributed by atoms with van der Waals surface area (Å²) in [6.45, 7) is 4.25. The third-order valence-corrected chi connectivity index (χ3v) is 4.48. The molecule has 0 aliphatic heterocycles. The zero-order valence-electron chi connectivity index (χ0n) is 11.8. The van der Waals surface area contributed by atoms with Crippen molar-refractivity contribution in [2.75, 3.05) is 12.8 Å². The van der Waals surface area contributed by atoms with Gasteiger partial charge in [-0.25, -0.2) is 4.98 Å². The molecule has 5 heteroatoms. The van der Waals surface area contributed by atoms with Gasteiger partial charge in [0.15, 0.2) is 4.96 Å². The molecule has 3 aromatic rings. The lowest BCUT2D eigenvalue weighted by atomic mass is 10.1. The van der Waals surface area contributed by atoms with E-state index in [-0.39, 0.29) is 0 Å².